The number of hydrogen-bond acceptors (Lipinski definition) is 5. The number of phosphoric acid groups is 1. The van der Waals surface area contributed by atoms with Crippen molar-refractivity contribution in [1.29, 1.82) is 0 Å². The number of benzene rings is 2. The van der Waals surface area contributed by atoms with Crippen LogP contribution in [0.15, 0.2) is 60.7 Å². The molecule has 0 spiro atoms. The molecule has 184 valence electrons. The monoisotopic (exact) mass is 476 g/mol. The van der Waals surface area contributed by atoms with E-state index < -0.39 is 13.9 Å². The van der Waals surface area contributed by atoms with Crippen molar-refractivity contribution in [3.8, 4) is 0 Å². The van der Waals surface area contributed by atoms with Gasteiger partial charge in [0, 0.05) is 24.5 Å². The van der Waals surface area contributed by atoms with E-state index in [-0.39, 0.29) is 19.4 Å². The molecular weight excluding hydrogens is 435 g/mol. The third kappa shape index (κ3) is 8.03. The van der Waals surface area contributed by atoms with Crippen LogP contribution < -0.4 is 5.32 Å². The Labute approximate surface area is 199 Å². The van der Waals surface area contributed by atoms with Crippen molar-refractivity contribution in [3.05, 3.63) is 71.8 Å². The van der Waals surface area contributed by atoms with E-state index in [0.717, 1.165) is 18.0 Å². The van der Waals surface area contributed by atoms with E-state index in [2.05, 4.69) is 54.5 Å². The van der Waals surface area contributed by atoms with Gasteiger partial charge in [0.05, 0.1) is 6.61 Å². The van der Waals surface area contributed by atoms with Crippen LogP contribution in [0.5, 0.6) is 0 Å². The van der Waals surface area contributed by atoms with Gasteiger partial charge in [0.25, 0.3) is 0 Å². The van der Waals surface area contributed by atoms with Crippen LogP contribution in [0.1, 0.15) is 51.8 Å². The van der Waals surface area contributed by atoms with Gasteiger partial charge in [-0.15, -0.1) is 0 Å². The summed E-state index contributed by atoms with van der Waals surface area (Å²) in [4.78, 5) is 11.9. The summed E-state index contributed by atoms with van der Waals surface area (Å²) in [5, 5.41) is 3.43. The molecule has 7 heteroatoms. The van der Waals surface area contributed by atoms with Crippen molar-refractivity contribution in [2.24, 2.45) is 11.3 Å². The molecule has 0 aromatic heterocycles. The first-order valence-corrected chi connectivity index (χ1v) is 12.8. The fourth-order valence-corrected chi connectivity index (χ4v) is 5.50. The van der Waals surface area contributed by atoms with E-state index in [1.807, 2.05) is 44.2 Å². The van der Waals surface area contributed by atoms with E-state index >= 15 is 0 Å². The number of rotatable bonds is 4. The Balaban J connectivity index is 0.000000227. The zero-order chi connectivity index (χ0) is 23.2. The van der Waals surface area contributed by atoms with E-state index in [4.69, 9.17) is 9.05 Å². The Kier molecular flexibility index (Phi) is 10.3. The Hall–Kier alpha value is -1.53. The topological polar surface area (TPSA) is 71.0 Å². The number of phosphoric ester groups is 1. The Morgan fingerprint density at radius 2 is 1.73 bits per heavy atom. The lowest BCUT2D eigenvalue weighted by Gasteiger charge is -2.39. The van der Waals surface area contributed by atoms with Gasteiger partial charge < -0.3 is 10.2 Å². The highest BCUT2D eigenvalue weighted by Crippen LogP contribution is 2.57. The summed E-state index contributed by atoms with van der Waals surface area (Å²) < 4.78 is 21.4. The molecule has 0 saturated carbocycles. The van der Waals surface area contributed by atoms with Crippen molar-refractivity contribution < 1.29 is 18.5 Å². The summed E-state index contributed by atoms with van der Waals surface area (Å²) in [6, 6.07) is 20.8. The average molecular weight is 477 g/mol. The molecule has 0 bridgehead atoms. The molecule has 2 fully saturated rings. The minimum absolute atomic E-state index is 0. The predicted octanol–water partition coefficient (Wildman–Crippen LogP) is 5.65. The largest absolute Gasteiger partial charge is 0.472 e. The summed E-state index contributed by atoms with van der Waals surface area (Å²) in [6.45, 7) is 9.95. The van der Waals surface area contributed by atoms with Crippen LogP contribution >= 0.6 is 7.82 Å². The van der Waals surface area contributed by atoms with Crippen LogP contribution in [-0.4, -0.2) is 42.6 Å². The van der Waals surface area contributed by atoms with Gasteiger partial charge in [-0.2, -0.15) is 0 Å². The molecule has 2 heterocycles. The lowest BCUT2D eigenvalue weighted by atomic mass is 9.83. The molecule has 6 nitrogen and oxygen atoms in total. The van der Waals surface area contributed by atoms with Gasteiger partial charge in [-0.05, 0) is 37.1 Å². The molecule has 0 radical (unpaired) electrons. The van der Waals surface area contributed by atoms with Gasteiger partial charge in [0.15, 0.2) is 0 Å². The second-order valence-electron chi connectivity index (χ2n) is 9.51. The summed E-state index contributed by atoms with van der Waals surface area (Å²) >= 11 is 0. The van der Waals surface area contributed by atoms with Gasteiger partial charge in [0.2, 0.25) is 0 Å². The fraction of sp³-hybridized carbons (Fsp3) is 0.538. The first-order valence-electron chi connectivity index (χ1n) is 11.3. The Morgan fingerprint density at radius 3 is 2.33 bits per heavy atom. The molecule has 2 saturated heterocycles. The molecule has 3 unspecified atom stereocenters. The highest BCUT2D eigenvalue weighted by atomic mass is 31.2. The molecule has 0 aliphatic carbocycles. The van der Waals surface area contributed by atoms with Crippen molar-refractivity contribution in [2.75, 3.05) is 26.7 Å². The number of likely N-dealkylation sites (N-methyl/N-ethyl adjacent to an activating group) is 1. The molecule has 2 aromatic carbocycles. The van der Waals surface area contributed by atoms with Crippen LogP contribution in [0.2, 0.25) is 0 Å². The standard InChI is InChI=1S/C14H22N2.C11H15O4P.CH4/c1-12-8-9-16(11-14(12)15-2)10-13-6-4-3-5-7-13;1-11(2)8-14-16(12,13)15-10(11)9-6-4-3-5-7-9;/h3-7,12,14-15H,8-11H2,1-2H3;3-7,10H,8H2,1-2H3,(H,12,13);1H4/t12-,14?;;/m1../s1. The van der Waals surface area contributed by atoms with E-state index in [0.29, 0.717) is 6.04 Å². The maximum absolute atomic E-state index is 11.4. The quantitative estimate of drug-likeness (QED) is 0.556. The average Bonchev–Trinajstić information content (AvgIpc) is 2.79. The molecule has 2 aliphatic rings. The smallest absolute Gasteiger partial charge is 0.315 e. The summed E-state index contributed by atoms with van der Waals surface area (Å²) in [5.74, 6) is 0.803. The van der Waals surface area contributed by atoms with Gasteiger partial charge in [-0.1, -0.05) is 88.9 Å². The SMILES string of the molecule is C.CC1(C)COP(=O)(O)OC1c1ccccc1.CNC1CN(Cc2ccccc2)CC[C@H]1C. The van der Waals surface area contributed by atoms with Gasteiger partial charge in [-0.25, -0.2) is 4.57 Å². The minimum Gasteiger partial charge on any atom is -0.315 e. The first kappa shape index (κ1) is 27.7. The van der Waals surface area contributed by atoms with Crippen LogP contribution in [0, 0.1) is 11.3 Å². The van der Waals surface area contributed by atoms with Gasteiger partial charge >= 0.3 is 7.82 Å². The molecule has 2 aliphatic heterocycles. The first-order chi connectivity index (χ1) is 15.2. The lowest BCUT2D eigenvalue weighted by molar-refractivity contribution is -0.0472. The van der Waals surface area contributed by atoms with Crippen molar-refractivity contribution in [2.45, 2.75) is 53.3 Å². The van der Waals surface area contributed by atoms with Crippen LogP contribution in [0.3, 0.4) is 0 Å². The number of likely N-dealkylation sites (tertiary alicyclic amines) is 1. The van der Waals surface area contributed by atoms with Gasteiger partial charge in [0.1, 0.15) is 6.10 Å². The number of hydrogen-bond donors (Lipinski definition) is 2. The van der Waals surface area contributed by atoms with E-state index in [1.54, 1.807) is 0 Å². The maximum Gasteiger partial charge on any atom is 0.472 e. The zero-order valence-corrected chi connectivity index (χ0v) is 20.5. The van der Waals surface area contributed by atoms with Crippen molar-refractivity contribution in [1.82, 2.24) is 10.2 Å². The molecule has 33 heavy (non-hydrogen) atoms. The molecule has 4 atom stereocenters. The van der Waals surface area contributed by atoms with Gasteiger partial charge in [-0.3, -0.25) is 13.9 Å². The number of nitrogens with one attached hydrogen (secondary N) is 1. The number of piperidine rings is 1. The normalized spacial score (nSPS) is 29.3. The highest BCUT2D eigenvalue weighted by molar-refractivity contribution is 7.47. The summed E-state index contributed by atoms with van der Waals surface area (Å²) in [5.41, 5.74) is 2.00. The minimum atomic E-state index is -3.89. The molecule has 2 aromatic rings. The summed E-state index contributed by atoms with van der Waals surface area (Å²) in [7, 11) is -1.81. The second kappa shape index (κ2) is 12.3. The van der Waals surface area contributed by atoms with Crippen LogP contribution in [0.4, 0.5) is 0 Å². The lowest BCUT2D eigenvalue weighted by Crippen LogP contribution is -2.48. The van der Waals surface area contributed by atoms with Crippen molar-refractivity contribution >= 4 is 7.82 Å². The molecule has 2 N–H and O–H groups in total. The van der Waals surface area contributed by atoms with E-state index in [9.17, 15) is 9.46 Å². The Bertz CT molecular complexity index is 878. The third-order valence-corrected chi connectivity index (χ3v) is 7.25. The molecular formula is C26H41N2O4P. The third-order valence-electron chi connectivity index (χ3n) is 6.31. The predicted molar refractivity (Wildman–Crippen MR) is 135 cm³/mol. The molecule has 4 rings (SSSR count). The second-order valence-corrected chi connectivity index (χ2v) is 10.9. The summed E-state index contributed by atoms with van der Waals surface area (Å²) in [6.07, 6.45) is 0.886. The highest BCUT2D eigenvalue weighted by Gasteiger charge is 2.44. The zero-order valence-electron chi connectivity index (χ0n) is 19.6. The fourth-order valence-electron chi connectivity index (χ4n) is 4.27. The maximum atomic E-state index is 11.4. The van der Waals surface area contributed by atoms with E-state index in [1.165, 1.54) is 25.1 Å². The van der Waals surface area contributed by atoms with Crippen molar-refractivity contribution in [3.63, 3.8) is 0 Å². The van der Waals surface area contributed by atoms with Crippen LogP contribution in [0.25, 0.3) is 0 Å². The Morgan fingerprint density at radius 1 is 1.12 bits per heavy atom. The number of nitrogens with zero attached hydrogens (tertiary/aromatic N) is 1. The van der Waals surface area contributed by atoms with Crippen LogP contribution in [-0.2, 0) is 20.2 Å². The molecule has 0 amide bonds.